The molecule has 3 aromatic rings. The molecule has 3 N–H and O–H groups in total. The highest BCUT2D eigenvalue weighted by atomic mass is 19.1. The Morgan fingerprint density at radius 3 is 2.23 bits per heavy atom. The number of nitrogens with zero attached hydrogens (tertiary/aromatic N) is 1. The van der Waals surface area contributed by atoms with Crippen molar-refractivity contribution in [1.82, 2.24) is 4.98 Å². The summed E-state index contributed by atoms with van der Waals surface area (Å²) in [5, 5.41) is 2.62. The molecule has 7 heteroatoms. The van der Waals surface area contributed by atoms with Crippen molar-refractivity contribution in [1.29, 1.82) is 0 Å². The maximum Gasteiger partial charge on any atom is 0.274 e. The van der Waals surface area contributed by atoms with Crippen LogP contribution in [0.5, 0.6) is 0 Å². The predicted molar refractivity (Wildman–Crippen MR) is 92.5 cm³/mol. The average Bonchev–Trinajstić information content (AvgIpc) is 2.64. The summed E-state index contributed by atoms with van der Waals surface area (Å²) in [6, 6.07) is 13.5. The van der Waals surface area contributed by atoms with E-state index in [9.17, 15) is 18.4 Å². The van der Waals surface area contributed by atoms with Gasteiger partial charge in [0, 0.05) is 11.3 Å². The Morgan fingerprint density at radius 2 is 1.54 bits per heavy atom. The lowest BCUT2D eigenvalue weighted by Crippen LogP contribution is -2.18. The smallest absolute Gasteiger partial charge is 0.274 e. The van der Waals surface area contributed by atoms with Crippen molar-refractivity contribution < 1.29 is 18.4 Å². The monoisotopic (exact) mass is 353 g/mol. The first-order valence-electron chi connectivity index (χ1n) is 7.58. The zero-order valence-electron chi connectivity index (χ0n) is 13.4. The second-order valence-electron chi connectivity index (χ2n) is 5.42. The minimum atomic E-state index is -0.756. The minimum absolute atomic E-state index is 0.0179. The van der Waals surface area contributed by atoms with E-state index in [4.69, 9.17) is 5.73 Å². The van der Waals surface area contributed by atoms with Gasteiger partial charge in [-0.2, -0.15) is 0 Å². The molecule has 0 unspecified atom stereocenters. The summed E-state index contributed by atoms with van der Waals surface area (Å²) in [5.74, 6) is -2.28. The lowest BCUT2D eigenvalue weighted by atomic mass is 10.0. The van der Waals surface area contributed by atoms with Crippen molar-refractivity contribution in [3.05, 3.63) is 83.7 Å². The molecule has 0 radical (unpaired) electrons. The first-order chi connectivity index (χ1) is 12.4. The van der Waals surface area contributed by atoms with Crippen molar-refractivity contribution in [2.45, 2.75) is 0 Å². The van der Waals surface area contributed by atoms with Gasteiger partial charge in [0.05, 0.1) is 0 Å². The van der Waals surface area contributed by atoms with Gasteiger partial charge in [-0.05, 0) is 48.0 Å². The van der Waals surface area contributed by atoms with Crippen LogP contribution in [0, 0.1) is 11.6 Å². The van der Waals surface area contributed by atoms with Crippen LogP contribution in [0.15, 0.2) is 60.7 Å². The summed E-state index contributed by atoms with van der Waals surface area (Å²) < 4.78 is 26.8. The van der Waals surface area contributed by atoms with E-state index in [1.54, 1.807) is 0 Å². The van der Waals surface area contributed by atoms with E-state index in [-0.39, 0.29) is 11.4 Å². The van der Waals surface area contributed by atoms with Gasteiger partial charge in [-0.15, -0.1) is 0 Å². The molecule has 0 aliphatic carbocycles. The molecule has 0 bridgehead atoms. The van der Waals surface area contributed by atoms with Gasteiger partial charge in [0.2, 0.25) is 0 Å². The number of carbonyl (C=O) groups is 2. The molecule has 3 rings (SSSR count). The summed E-state index contributed by atoms with van der Waals surface area (Å²) in [7, 11) is 0. The summed E-state index contributed by atoms with van der Waals surface area (Å²) >= 11 is 0. The number of aromatic nitrogens is 1. The van der Waals surface area contributed by atoms with Crippen LogP contribution in [0.1, 0.15) is 21.0 Å². The molecule has 0 fully saturated rings. The van der Waals surface area contributed by atoms with Gasteiger partial charge < -0.3 is 11.1 Å². The molecule has 2 aromatic carbocycles. The zero-order chi connectivity index (χ0) is 18.7. The van der Waals surface area contributed by atoms with Gasteiger partial charge in [0.1, 0.15) is 23.0 Å². The van der Waals surface area contributed by atoms with Crippen LogP contribution in [0.25, 0.3) is 11.1 Å². The zero-order valence-corrected chi connectivity index (χ0v) is 13.4. The molecule has 1 aromatic heterocycles. The summed E-state index contributed by atoms with van der Waals surface area (Å²) in [4.78, 5) is 27.5. The van der Waals surface area contributed by atoms with Gasteiger partial charge in [0.15, 0.2) is 0 Å². The Morgan fingerprint density at radius 1 is 0.885 bits per heavy atom. The molecule has 0 spiro atoms. The van der Waals surface area contributed by atoms with Crippen molar-refractivity contribution in [3.63, 3.8) is 0 Å². The predicted octanol–water partition coefficient (Wildman–Crippen LogP) is 3.38. The average molecular weight is 353 g/mol. The maximum absolute atomic E-state index is 13.7. The fourth-order valence-electron chi connectivity index (χ4n) is 2.38. The van der Waals surface area contributed by atoms with E-state index in [1.807, 2.05) is 0 Å². The van der Waals surface area contributed by atoms with Crippen molar-refractivity contribution in [2.24, 2.45) is 5.73 Å². The lowest BCUT2D eigenvalue weighted by Gasteiger charge is -2.12. The number of hydrogen-bond donors (Lipinski definition) is 2. The van der Waals surface area contributed by atoms with Gasteiger partial charge in [-0.3, -0.25) is 9.59 Å². The van der Waals surface area contributed by atoms with Crippen LogP contribution < -0.4 is 11.1 Å². The quantitative estimate of drug-likeness (QED) is 0.754. The van der Waals surface area contributed by atoms with E-state index in [0.717, 1.165) is 0 Å². The number of primary amides is 1. The van der Waals surface area contributed by atoms with E-state index < -0.39 is 23.4 Å². The second kappa shape index (κ2) is 7.10. The largest absolute Gasteiger partial charge is 0.364 e. The number of carbonyl (C=O) groups excluding carboxylic acids is 2. The highest BCUT2D eigenvalue weighted by Crippen LogP contribution is 2.29. The van der Waals surface area contributed by atoms with Gasteiger partial charge in [-0.25, -0.2) is 13.8 Å². The molecule has 0 saturated heterocycles. The molecule has 0 atom stereocenters. The third-order valence-electron chi connectivity index (χ3n) is 3.62. The number of hydrogen-bond acceptors (Lipinski definition) is 3. The Kier molecular flexibility index (Phi) is 4.70. The van der Waals surface area contributed by atoms with E-state index >= 15 is 0 Å². The number of benzene rings is 2. The minimum Gasteiger partial charge on any atom is -0.364 e. The fraction of sp³-hybridized carbons (Fsp3) is 0. The first kappa shape index (κ1) is 17.2. The van der Waals surface area contributed by atoms with Crippen molar-refractivity contribution in [2.75, 3.05) is 5.32 Å². The van der Waals surface area contributed by atoms with Crippen LogP contribution in [0.2, 0.25) is 0 Å². The van der Waals surface area contributed by atoms with Gasteiger partial charge in [0.25, 0.3) is 11.8 Å². The fourth-order valence-corrected chi connectivity index (χ4v) is 2.38. The lowest BCUT2D eigenvalue weighted by molar-refractivity contribution is 0.0995. The van der Waals surface area contributed by atoms with E-state index in [0.29, 0.717) is 16.8 Å². The first-order valence-corrected chi connectivity index (χ1v) is 7.58. The number of nitrogens with two attached hydrogens (primary N) is 1. The molecule has 130 valence electrons. The Balaban J connectivity index is 1.95. The summed E-state index contributed by atoms with van der Waals surface area (Å²) in [5.41, 5.74) is 6.32. The highest BCUT2D eigenvalue weighted by Gasteiger charge is 2.14. The number of pyridine rings is 1. The molecule has 5 nitrogen and oxygen atoms in total. The van der Waals surface area contributed by atoms with Crippen LogP contribution in [0.3, 0.4) is 0 Å². The Labute approximate surface area is 147 Å². The topological polar surface area (TPSA) is 85.1 Å². The number of halogens is 2. The molecule has 26 heavy (non-hydrogen) atoms. The SMILES string of the molecule is NC(=O)c1cccc(C(=O)Nc2ccc(F)cc2-c2ccc(F)cc2)n1. The van der Waals surface area contributed by atoms with Gasteiger partial charge >= 0.3 is 0 Å². The number of amides is 2. The van der Waals surface area contributed by atoms with Crippen LogP contribution in [-0.4, -0.2) is 16.8 Å². The number of nitrogens with one attached hydrogen (secondary N) is 1. The normalized spacial score (nSPS) is 10.4. The van der Waals surface area contributed by atoms with Crippen molar-refractivity contribution >= 4 is 17.5 Å². The molecular weight excluding hydrogens is 340 g/mol. The van der Waals surface area contributed by atoms with Crippen LogP contribution in [-0.2, 0) is 0 Å². The highest BCUT2D eigenvalue weighted by molar-refractivity contribution is 6.05. The Hall–Kier alpha value is -3.61. The molecule has 0 aliphatic heterocycles. The third-order valence-corrected chi connectivity index (χ3v) is 3.62. The van der Waals surface area contributed by atoms with E-state index in [2.05, 4.69) is 10.3 Å². The molecule has 2 amide bonds. The third kappa shape index (κ3) is 3.72. The number of rotatable bonds is 4. The van der Waals surface area contributed by atoms with Crippen molar-refractivity contribution in [3.8, 4) is 11.1 Å². The summed E-state index contributed by atoms with van der Waals surface area (Å²) in [6.07, 6.45) is 0. The summed E-state index contributed by atoms with van der Waals surface area (Å²) in [6.45, 7) is 0. The standard InChI is InChI=1S/C19H13F2N3O2/c20-12-6-4-11(5-7-12)14-10-13(21)8-9-15(14)24-19(26)17-3-1-2-16(23-17)18(22)25/h1-10H,(H2,22,25)(H,24,26). The van der Waals surface area contributed by atoms with Gasteiger partial charge in [-0.1, -0.05) is 18.2 Å². The Bertz CT molecular complexity index is 988. The molecule has 0 aliphatic rings. The van der Waals surface area contributed by atoms with E-state index in [1.165, 1.54) is 60.7 Å². The molecule has 1 heterocycles. The van der Waals surface area contributed by atoms with Crippen LogP contribution in [0.4, 0.5) is 14.5 Å². The molecule has 0 saturated carbocycles. The maximum atomic E-state index is 13.7. The van der Waals surface area contributed by atoms with Crippen LogP contribution >= 0.6 is 0 Å². The number of anilines is 1. The second-order valence-corrected chi connectivity index (χ2v) is 5.42. The molecular formula is C19H13F2N3O2.